The minimum absolute atomic E-state index is 0.0875. The van der Waals surface area contributed by atoms with Gasteiger partial charge in [0.1, 0.15) is 5.52 Å². The Balaban J connectivity index is 1.37. The van der Waals surface area contributed by atoms with Gasteiger partial charge in [-0.3, -0.25) is 13.7 Å². The van der Waals surface area contributed by atoms with Crippen LogP contribution in [0.25, 0.3) is 11.2 Å². The smallest absolute Gasteiger partial charge is 0.295 e. The van der Waals surface area contributed by atoms with E-state index in [1.807, 2.05) is 11.9 Å². The van der Waals surface area contributed by atoms with Crippen molar-refractivity contribution in [3.05, 3.63) is 21.8 Å². The van der Waals surface area contributed by atoms with Crippen LogP contribution < -0.4 is 10.9 Å². The molecule has 2 aromatic rings. The fraction of sp³-hybridized carbons (Fsp3) is 0.684. The monoisotopic (exact) mass is 420 g/mol. The van der Waals surface area contributed by atoms with Crippen LogP contribution in [0.3, 0.4) is 0 Å². The van der Waals surface area contributed by atoms with Crippen LogP contribution in [0.2, 0.25) is 5.28 Å². The third-order valence-corrected chi connectivity index (χ3v) is 7.57. The van der Waals surface area contributed by atoms with Crippen LogP contribution in [0.5, 0.6) is 0 Å². The lowest BCUT2D eigenvalue weighted by atomic mass is 10.2. The van der Waals surface area contributed by atoms with Crippen LogP contribution in [0.15, 0.2) is 11.0 Å². The molecule has 3 heterocycles. The molecule has 4 atom stereocenters. The predicted molar refractivity (Wildman–Crippen MR) is 113 cm³/mol. The molecule has 7 nitrogen and oxygen atoms in total. The summed E-state index contributed by atoms with van der Waals surface area (Å²) < 4.78 is 4.24. The highest BCUT2D eigenvalue weighted by Gasteiger charge is 2.55. The van der Waals surface area contributed by atoms with Crippen LogP contribution >= 0.6 is 23.5 Å². The Morgan fingerprint density at radius 2 is 2.07 bits per heavy atom. The fourth-order valence-corrected chi connectivity index (χ4v) is 5.73. The molecule has 150 valence electrons. The van der Waals surface area contributed by atoms with E-state index in [1.165, 1.54) is 0 Å². The number of nitrogens with one attached hydrogen (secondary N) is 1. The summed E-state index contributed by atoms with van der Waals surface area (Å²) in [6.45, 7) is 7.42. The van der Waals surface area contributed by atoms with Gasteiger partial charge in [0.25, 0.3) is 5.56 Å². The second-order valence-corrected chi connectivity index (χ2v) is 9.89. The Kier molecular flexibility index (Phi) is 4.76. The van der Waals surface area contributed by atoms with Crippen LogP contribution in [-0.4, -0.2) is 49.2 Å². The summed E-state index contributed by atoms with van der Waals surface area (Å²) in [7, 11) is 0. The first-order valence-corrected chi connectivity index (χ1v) is 11.5. The van der Waals surface area contributed by atoms with Crippen molar-refractivity contribution in [1.29, 1.82) is 0 Å². The molecule has 1 saturated heterocycles. The van der Waals surface area contributed by atoms with Crippen molar-refractivity contribution in [2.75, 3.05) is 30.7 Å². The molecular weight excluding hydrogens is 396 g/mol. The van der Waals surface area contributed by atoms with E-state index in [0.717, 1.165) is 50.1 Å². The Morgan fingerprint density at radius 3 is 2.75 bits per heavy atom. The Labute approximate surface area is 173 Å². The number of nitrogens with zero attached hydrogens (tertiary/aromatic N) is 5. The molecule has 2 aliphatic carbocycles. The molecule has 28 heavy (non-hydrogen) atoms. The zero-order valence-electron chi connectivity index (χ0n) is 16.1. The van der Waals surface area contributed by atoms with Gasteiger partial charge in [-0.05, 0) is 55.0 Å². The minimum Gasteiger partial charge on any atom is -0.365 e. The molecule has 1 N–H and O–H groups in total. The van der Waals surface area contributed by atoms with Gasteiger partial charge < -0.3 is 5.32 Å². The summed E-state index contributed by atoms with van der Waals surface area (Å²) in [5.41, 5.74) is 1.04. The molecule has 1 aliphatic heterocycles. The van der Waals surface area contributed by atoms with Crippen LogP contribution in [0, 0.1) is 23.7 Å². The lowest BCUT2D eigenvalue weighted by molar-refractivity contribution is 0.468. The second-order valence-electron chi connectivity index (χ2n) is 8.20. The summed E-state index contributed by atoms with van der Waals surface area (Å²) in [5, 5.41) is 3.50. The number of anilines is 1. The van der Waals surface area contributed by atoms with Crippen LogP contribution in [0.1, 0.15) is 32.7 Å². The lowest BCUT2D eigenvalue weighted by Gasteiger charge is -2.19. The Bertz CT molecular complexity index is 951. The summed E-state index contributed by atoms with van der Waals surface area (Å²) >= 11 is 7.93. The van der Waals surface area contributed by atoms with Crippen molar-refractivity contribution in [2.45, 2.75) is 32.7 Å². The zero-order chi connectivity index (χ0) is 19.4. The molecule has 3 aliphatic rings. The number of halogens is 1. The summed E-state index contributed by atoms with van der Waals surface area (Å²) in [4.78, 5) is 26.1. The highest BCUT2D eigenvalue weighted by Crippen LogP contribution is 2.53. The largest absolute Gasteiger partial charge is 0.365 e. The average Bonchev–Trinajstić information content (AvgIpc) is 3.58. The summed E-state index contributed by atoms with van der Waals surface area (Å²) in [6.07, 6.45) is 3.91. The first-order valence-electron chi connectivity index (χ1n) is 10.1. The summed E-state index contributed by atoms with van der Waals surface area (Å²) in [5.74, 6) is 4.21. The van der Waals surface area contributed by atoms with E-state index in [4.69, 9.17) is 11.6 Å². The number of fused-ring (bicyclic) bond motifs is 2. The van der Waals surface area contributed by atoms with Crippen molar-refractivity contribution in [1.82, 2.24) is 23.8 Å². The second kappa shape index (κ2) is 7.15. The van der Waals surface area contributed by atoms with Gasteiger partial charge in [0.2, 0.25) is 5.28 Å². The number of rotatable bonds is 7. The molecule has 3 fully saturated rings. The Morgan fingerprint density at radius 1 is 1.32 bits per heavy atom. The molecule has 0 aromatic carbocycles. The predicted octanol–water partition coefficient (Wildman–Crippen LogP) is 3.07. The molecule has 0 bridgehead atoms. The van der Waals surface area contributed by atoms with Gasteiger partial charge in [-0.25, -0.2) is 9.97 Å². The van der Waals surface area contributed by atoms with E-state index in [1.54, 1.807) is 10.8 Å². The molecule has 1 unspecified atom stereocenters. The van der Waals surface area contributed by atoms with E-state index in [0.29, 0.717) is 28.8 Å². The number of aromatic nitrogens is 4. The normalized spacial score (nSPS) is 27.8. The summed E-state index contributed by atoms with van der Waals surface area (Å²) in [6, 6.07) is 0.0875. The third-order valence-electron chi connectivity index (χ3n) is 6.47. The fourth-order valence-electron chi connectivity index (χ4n) is 4.68. The first kappa shape index (κ1) is 18.6. The van der Waals surface area contributed by atoms with Gasteiger partial charge in [0, 0.05) is 31.4 Å². The zero-order valence-corrected chi connectivity index (χ0v) is 17.7. The SMILES string of the molecule is CCSN1C[C@@H]2C(CNc3nc4cnc(Cl)nc4n([C@@H](C)C4CC4)c3=O)[C@@H]2C1. The van der Waals surface area contributed by atoms with E-state index < -0.39 is 0 Å². The van der Waals surface area contributed by atoms with Gasteiger partial charge >= 0.3 is 0 Å². The molecule has 0 amide bonds. The number of hydrogen-bond donors (Lipinski definition) is 1. The van der Waals surface area contributed by atoms with Gasteiger partial charge in [-0.2, -0.15) is 4.98 Å². The van der Waals surface area contributed by atoms with Crippen molar-refractivity contribution >= 4 is 40.5 Å². The topological polar surface area (TPSA) is 75.9 Å². The highest BCUT2D eigenvalue weighted by atomic mass is 35.5. The standard InChI is InChI=1S/C19H25ClN6OS/c1-3-28-25-8-13-12(14(13)9-25)6-21-16-18(27)26(10(2)11-4-5-11)17-15(23-16)7-22-19(20)24-17/h7,10-14H,3-6,8-9H2,1-2H3,(H,21,23)/t10-,12?,13-,14+/m0/s1. The molecule has 2 aromatic heterocycles. The Hall–Kier alpha value is -1.38. The molecule has 0 radical (unpaired) electrons. The maximum atomic E-state index is 13.2. The van der Waals surface area contributed by atoms with Crippen molar-refractivity contribution in [3.63, 3.8) is 0 Å². The molecular formula is C19H25ClN6OS. The van der Waals surface area contributed by atoms with Crippen LogP contribution in [0.4, 0.5) is 5.82 Å². The molecule has 2 saturated carbocycles. The van der Waals surface area contributed by atoms with Gasteiger partial charge in [-0.15, -0.1) is 0 Å². The number of hydrogen-bond acceptors (Lipinski definition) is 7. The highest BCUT2D eigenvalue weighted by molar-refractivity contribution is 7.96. The van der Waals surface area contributed by atoms with E-state index >= 15 is 0 Å². The van der Waals surface area contributed by atoms with Crippen molar-refractivity contribution in [2.24, 2.45) is 23.7 Å². The third kappa shape index (κ3) is 3.29. The molecule has 0 spiro atoms. The molecule has 5 rings (SSSR count). The first-order chi connectivity index (χ1) is 13.6. The van der Waals surface area contributed by atoms with Crippen LogP contribution in [-0.2, 0) is 0 Å². The quantitative estimate of drug-likeness (QED) is 0.544. The van der Waals surface area contributed by atoms with Gasteiger partial charge in [-0.1, -0.05) is 18.9 Å². The van der Waals surface area contributed by atoms with E-state index in [9.17, 15) is 4.79 Å². The van der Waals surface area contributed by atoms with E-state index in [2.05, 4.69) is 38.4 Å². The average molecular weight is 421 g/mol. The lowest BCUT2D eigenvalue weighted by Crippen LogP contribution is -2.30. The minimum atomic E-state index is -0.101. The number of piperidine rings is 1. The maximum Gasteiger partial charge on any atom is 0.295 e. The van der Waals surface area contributed by atoms with Crippen molar-refractivity contribution in [3.8, 4) is 0 Å². The molecule has 9 heteroatoms. The van der Waals surface area contributed by atoms with E-state index in [-0.39, 0.29) is 16.9 Å². The maximum absolute atomic E-state index is 13.2. The van der Waals surface area contributed by atoms with Gasteiger partial charge in [0.15, 0.2) is 11.5 Å². The van der Waals surface area contributed by atoms with Crippen molar-refractivity contribution < 1.29 is 0 Å². The van der Waals surface area contributed by atoms with Gasteiger partial charge in [0.05, 0.1) is 6.20 Å².